The summed E-state index contributed by atoms with van der Waals surface area (Å²) in [7, 11) is 1.50. The number of nitrogens with one attached hydrogen (secondary N) is 1. The molecule has 136 valence electrons. The van der Waals surface area contributed by atoms with E-state index >= 15 is 0 Å². The highest BCUT2D eigenvalue weighted by atomic mass is 16.3. The lowest BCUT2D eigenvalue weighted by Gasteiger charge is -2.23. The van der Waals surface area contributed by atoms with Gasteiger partial charge in [0.25, 0.3) is 0 Å². The zero-order chi connectivity index (χ0) is 19.3. The van der Waals surface area contributed by atoms with E-state index in [9.17, 15) is 9.90 Å². The third-order valence-electron chi connectivity index (χ3n) is 4.23. The van der Waals surface area contributed by atoms with Crippen LogP contribution < -0.4 is 11.1 Å². The van der Waals surface area contributed by atoms with Gasteiger partial charge >= 0.3 is 0 Å². The Kier molecular flexibility index (Phi) is 6.36. The van der Waals surface area contributed by atoms with Gasteiger partial charge < -0.3 is 16.2 Å². The number of aliphatic hydroxyl groups is 1. The lowest BCUT2D eigenvalue weighted by molar-refractivity contribution is 0.103. The summed E-state index contributed by atoms with van der Waals surface area (Å²) < 4.78 is 0. The van der Waals surface area contributed by atoms with Crippen molar-refractivity contribution in [2.75, 3.05) is 12.4 Å². The highest BCUT2D eigenvalue weighted by Gasteiger charge is 2.34. The highest BCUT2D eigenvalue weighted by molar-refractivity contribution is 6.20. The minimum Gasteiger partial charge on any atom is -0.507 e. The number of rotatable bonds is 1. The molecule has 4 nitrogen and oxygen atoms in total. The van der Waals surface area contributed by atoms with Crippen molar-refractivity contribution in [3.63, 3.8) is 0 Å². The van der Waals surface area contributed by atoms with Gasteiger partial charge in [-0.3, -0.25) is 4.79 Å². The highest BCUT2D eigenvalue weighted by Crippen LogP contribution is 2.36. The molecule has 0 aromatic heterocycles. The van der Waals surface area contributed by atoms with Crippen LogP contribution in [0.3, 0.4) is 0 Å². The van der Waals surface area contributed by atoms with Crippen molar-refractivity contribution in [3.05, 3.63) is 76.4 Å². The van der Waals surface area contributed by atoms with Crippen molar-refractivity contribution in [2.24, 2.45) is 5.73 Å². The standard InChI is InChI=1S/C19H15NO2.C2H6.CH5N/c1-11-6-7-12-8-9-15(20-16(12)10-11)17-18(21)13-4-2-3-5-14(13)19(17)22;2*1-2/h2-10,15,20-21H,1H3;1-2H3;2H2,1H3. The molecule has 1 unspecified atom stereocenters. The molecule has 2 aromatic rings. The van der Waals surface area contributed by atoms with Crippen LogP contribution in [-0.2, 0) is 0 Å². The van der Waals surface area contributed by atoms with Crippen LogP contribution in [0.4, 0.5) is 5.69 Å². The minimum atomic E-state index is -0.311. The van der Waals surface area contributed by atoms with Gasteiger partial charge in [0.15, 0.2) is 5.78 Å². The fraction of sp³-hybridized carbons (Fsp3) is 0.227. The first-order valence-electron chi connectivity index (χ1n) is 8.85. The summed E-state index contributed by atoms with van der Waals surface area (Å²) in [5, 5.41) is 13.8. The van der Waals surface area contributed by atoms with Crippen LogP contribution in [-0.4, -0.2) is 24.0 Å². The van der Waals surface area contributed by atoms with E-state index in [2.05, 4.69) is 23.2 Å². The molecule has 4 N–H and O–H groups in total. The topological polar surface area (TPSA) is 75.3 Å². The Labute approximate surface area is 155 Å². The van der Waals surface area contributed by atoms with Crippen LogP contribution in [0.2, 0.25) is 0 Å². The van der Waals surface area contributed by atoms with E-state index in [1.54, 1.807) is 12.1 Å². The number of nitrogens with two attached hydrogens (primary N) is 1. The molecule has 0 saturated heterocycles. The molecule has 0 radical (unpaired) electrons. The molecule has 0 fully saturated rings. The average molecular weight is 350 g/mol. The fourth-order valence-electron chi connectivity index (χ4n) is 3.10. The molecule has 26 heavy (non-hydrogen) atoms. The summed E-state index contributed by atoms with van der Waals surface area (Å²) in [4.78, 5) is 12.6. The molecular formula is C22H26N2O2. The summed E-state index contributed by atoms with van der Waals surface area (Å²) in [5.74, 6) is -0.0230. The van der Waals surface area contributed by atoms with Crippen molar-refractivity contribution >= 4 is 23.3 Å². The minimum absolute atomic E-state index is 0.0823. The molecule has 0 bridgehead atoms. The van der Waals surface area contributed by atoms with Gasteiger partial charge in [0.2, 0.25) is 0 Å². The van der Waals surface area contributed by atoms with Gasteiger partial charge in [-0.05, 0) is 31.2 Å². The number of aliphatic hydroxyl groups excluding tert-OH is 1. The van der Waals surface area contributed by atoms with Crippen molar-refractivity contribution in [1.29, 1.82) is 0 Å². The first-order valence-corrected chi connectivity index (χ1v) is 8.85. The average Bonchev–Trinajstić information content (AvgIpc) is 2.95. The summed E-state index contributed by atoms with van der Waals surface area (Å²) in [5.41, 5.74) is 9.33. The van der Waals surface area contributed by atoms with Crippen LogP contribution in [0.1, 0.15) is 40.9 Å². The molecule has 0 spiro atoms. The van der Waals surface area contributed by atoms with E-state index in [0.717, 1.165) is 16.8 Å². The third-order valence-corrected chi connectivity index (χ3v) is 4.23. The lowest BCUT2D eigenvalue weighted by Crippen LogP contribution is -2.26. The molecular weight excluding hydrogens is 324 g/mol. The smallest absolute Gasteiger partial charge is 0.195 e. The van der Waals surface area contributed by atoms with Crippen molar-refractivity contribution in [2.45, 2.75) is 26.8 Å². The monoisotopic (exact) mass is 350 g/mol. The van der Waals surface area contributed by atoms with E-state index in [1.165, 1.54) is 7.05 Å². The molecule has 0 amide bonds. The van der Waals surface area contributed by atoms with Crippen LogP contribution in [0.25, 0.3) is 11.8 Å². The Morgan fingerprint density at radius 1 is 1.04 bits per heavy atom. The molecule has 1 atom stereocenters. The lowest BCUT2D eigenvalue weighted by atomic mass is 9.96. The number of Topliss-reactive ketones (excluding diaryl/α,β-unsaturated/α-hetero) is 1. The Morgan fingerprint density at radius 3 is 2.35 bits per heavy atom. The van der Waals surface area contributed by atoms with Gasteiger partial charge in [-0.25, -0.2) is 0 Å². The number of ketones is 1. The number of carbonyl (C=O) groups is 1. The van der Waals surface area contributed by atoms with Crippen LogP contribution in [0.15, 0.2) is 54.1 Å². The van der Waals surface area contributed by atoms with Gasteiger partial charge in [0.1, 0.15) is 5.76 Å². The largest absolute Gasteiger partial charge is 0.507 e. The van der Waals surface area contributed by atoms with Gasteiger partial charge in [-0.2, -0.15) is 0 Å². The first-order chi connectivity index (χ1) is 12.6. The van der Waals surface area contributed by atoms with Crippen LogP contribution in [0, 0.1) is 6.92 Å². The number of aryl methyl sites for hydroxylation is 1. The molecule has 0 saturated carbocycles. The maximum absolute atomic E-state index is 12.6. The number of hydrogen-bond acceptors (Lipinski definition) is 4. The number of fused-ring (bicyclic) bond motifs is 2. The molecule has 2 aliphatic rings. The number of benzene rings is 2. The second kappa shape index (κ2) is 8.50. The first kappa shape index (κ1) is 19.5. The Hall–Kier alpha value is -2.85. The van der Waals surface area contributed by atoms with Crippen molar-refractivity contribution < 1.29 is 9.90 Å². The van der Waals surface area contributed by atoms with Crippen LogP contribution >= 0.6 is 0 Å². The maximum Gasteiger partial charge on any atom is 0.195 e. The van der Waals surface area contributed by atoms with E-state index in [0.29, 0.717) is 16.7 Å². The Morgan fingerprint density at radius 2 is 1.69 bits per heavy atom. The summed E-state index contributed by atoms with van der Waals surface area (Å²) >= 11 is 0. The normalized spacial score (nSPS) is 16.5. The second-order valence-corrected chi connectivity index (χ2v) is 5.71. The van der Waals surface area contributed by atoms with Crippen molar-refractivity contribution in [3.8, 4) is 0 Å². The van der Waals surface area contributed by atoms with Gasteiger partial charge in [0, 0.05) is 16.8 Å². The molecule has 1 aliphatic carbocycles. The molecule has 4 heteroatoms. The van der Waals surface area contributed by atoms with Crippen LogP contribution in [0.5, 0.6) is 0 Å². The fourth-order valence-corrected chi connectivity index (χ4v) is 3.10. The zero-order valence-electron chi connectivity index (χ0n) is 15.7. The van der Waals surface area contributed by atoms with E-state index < -0.39 is 0 Å². The van der Waals surface area contributed by atoms with E-state index in [1.807, 2.05) is 51.1 Å². The quantitative estimate of drug-likeness (QED) is 0.704. The summed E-state index contributed by atoms with van der Waals surface area (Å²) in [6.45, 7) is 6.03. The third kappa shape index (κ3) is 3.41. The number of carbonyl (C=O) groups excluding carboxylic acids is 1. The Balaban J connectivity index is 0.000000570. The predicted octanol–water partition coefficient (Wildman–Crippen LogP) is 4.57. The number of hydrogen-bond donors (Lipinski definition) is 3. The van der Waals surface area contributed by atoms with E-state index in [-0.39, 0.29) is 17.6 Å². The molecule has 4 rings (SSSR count). The SMILES string of the molecule is CC.CN.Cc1ccc2c(c1)NC(C1=C(O)c3ccccc3C1=O)C=C2. The van der Waals surface area contributed by atoms with Crippen molar-refractivity contribution in [1.82, 2.24) is 0 Å². The van der Waals surface area contributed by atoms with Gasteiger partial charge in [-0.15, -0.1) is 0 Å². The number of anilines is 1. The zero-order valence-corrected chi connectivity index (χ0v) is 15.7. The molecule has 1 heterocycles. The maximum atomic E-state index is 12.6. The molecule has 2 aromatic carbocycles. The summed E-state index contributed by atoms with van der Waals surface area (Å²) in [6, 6.07) is 13.0. The second-order valence-electron chi connectivity index (χ2n) is 5.71. The Bertz CT molecular complexity index is 866. The van der Waals surface area contributed by atoms with Gasteiger partial charge in [-0.1, -0.05) is 62.4 Å². The molecule has 1 aliphatic heterocycles. The van der Waals surface area contributed by atoms with Gasteiger partial charge in [0.05, 0.1) is 11.6 Å². The van der Waals surface area contributed by atoms with E-state index in [4.69, 9.17) is 0 Å². The predicted molar refractivity (Wildman–Crippen MR) is 109 cm³/mol. The summed E-state index contributed by atoms with van der Waals surface area (Å²) in [6.07, 6.45) is 3.92.